The molecule has 0 amide bonds. The zero-order valence-electron chi connectivity index (χ0n) is 12.3. The Morgan fingerprint density at radius 2 is 2.10 bits per heavy atom. The van der Waals surface area contributed by atoms with Gasteiger partial charge in [-0.15, -0.1) is 0 Å². The van der Waals surface area contributed by atoms with Crippen molar-refractivity contribution >= 4 is 17.8 Å². The molecule has 2 heterocycles. The number of piperidine rings is 1. The number of carbonyl (C=O) groups is 2. The van der Waals surface area contributed by atoms with Crippen molar-refractivity contribution in [3.8, 4) is 0 Å². The predicted octanol–water partition coefficient (Wildman–Crippen LogP) is 1.95. The zero-order chi connectivity index (χ0) is 15.5. The Balaban J connectivity index is 2.20. The van der Waals surface area contributed by atoms with Crippen molar-refractivity contribution in [2.75, 3.05) is 25.1 Å². The Bertz CT molecular complexity index is 536. The zero-order valence-corrected chi connectivity index (χ0v) is 12.3. The summed E-state index contributed by atoms with van der Waals surface area (Å²) in [7, 11) is 1.34. The average Bonchev–Trinajstić information content (AvgIpc) is 2.54. The number of pyridine rings is 1. The standard InChI is InChI=1S/C15H20N2O4/c1-3-15(14(19)20)6-9-17(10-7-15)12-11(13(18)21-2)5-4-8-16-12/h4-5,8H,3,6-7,9-10H2,1-2H3,(H,19,20). The number of rotatable bonds is 4. The molecule has 0 aliphatic carbocycles. The largest absolute Gasteiger partial charge is 0.481 e. The molecule has 21 heavy (non-hydrogen) atoms. The molecule has 1 aromatic heterocycles. The molecule has 0 aromatic carbocycles. The lowest BCUT2D eigenvalue weighted by atomic mass is 9.76. The molecule has 1 aliphatic heterocycles. The van der Waals surface area contributed by atoms with Crippen LogP contribution in [0.2, 0.25) is 0 Å². The topological polar surface area (TPSA) is 79.7 Å². The third kappa shape index (κ3) is 2.84. The maximum absolute atomic E-state index is 11.8. The molecule has 0 spiro atoms. The van der Waals surface area contributed by atoms with Crippen LogP contribution in [0.1, 0.15) is 36.5 Å². The fourth-order valence-corrected chi connectivity index (χ4v) is 2.78. The van der Waals surface area contributed by atoms with Gasteiger partial charge in [0.25, 0.3) is 0 Å². The quantitative estimate of drug-likeness (QED) is 0.854. The number of hydrogen-bond acceptors (Lipinski definition) is 5. The molecule has 1 N–H and O–H groups in total. The van der Waals surface area contributed by atoms with Crippen molar-refractivity contribution in [2.45, 2.75) is 26.2 Å². The number of ether oxygens (including phenoxy) is 1. The van der Waals surface area contributed by atoms with E-state index in [0.717, 1.165) is 0 Å². The van der Waals surface area contributed by atoms with E-state index in [0.29, 0.717) is 43.7 Å². The average molecular weight is 292 g/mol. The lowest BCUT2D eigenvalue weighted by molar-refractivity contribution is -0.150. The van der Waals surface area contributed by atoms with E-state index < -0.39 is 17.4 Å². The number of aliphatic carboxylic acids is 1. The molecular formula is C15H20N2O4. The van der Waals surface area contributed by atoms with E-state index in [2.05, 4.69) is 4.98 Å². The summed E-state index contributed by atoms with van der Waals surface area (Å²) < 4.78 is 4.77. The van der Waals surface area contributed by atoms with E-state index in [-0.39, 0.29) is 0 Å². The van der Waals surface area contributed by atoms with Crippen LogP contribution in [-0.2, 0) is 9.53 Å². The molecule has 1 aliphatic rings. The van der Waals surface area contributed by atoms with Crippen LogP contribution in [-0.4, -0.2) is 42.2 Å². The normalized spacial score (nSPS) is 17.3. The van der Waals surface area contributed by atoms with Gasteiger partial charge in [0.2, 0.25) is 0 Å². The van der Waals surface area contributed by atoms with Gasteiger partial charge in [-0.3, -0.25) is 4.79 Å². The lowest BCUT2D eigenvalue weighted by Gasteiger charge is -2.39. The number of esters is 1. The first kappa shape index (κ1) is 15.3. The highest BCUT2D eigenvalue weighted by molar-refractivity contribution is 5.94. The molecule has 0 bridgehead atoms. The third-order valence-corrected chi connectivity index (χ3v) is 4.34. The summed E-state index contributed by atoms with van der Waals surface area (Å²) >= 11 is 0. The number of anilines is 1. The summed E-state index contributed by atoms with van der Waals surface area (Å²) in [5.41, 5.74) is -0.240. The summed E-state index contributed by atoms with van der Waals surface area (Å²) in [6.45, 7) is 3.05. The van der Waals surface area contributed by atoms with Crippen LogP contribution < -0.4 is 4.90 Å². The third-order valence-electron chi connectivity index (χ3n) is 4.34. The van der Waals surface area contributed by atoms with Gasteiger partial charge < -0.3 is 14.7 Å². The number of carboxylic acids is 1. The molecule has 0 atom stereocenters. The molecule has 0 saturated carbocycles. The van der Waals surface area contributed by atoms with Crippen LogP contribution in [0.15, 0.2) is 18.3 Å². The van der Waals surface area contributed by atoms with Crippen LogP contribution in [0.25, 0.3) is 0 Å². The molecule has 1 saturated heterocycles. The highest BCUT2D eigenvalue weighted by Crippen LogP contribution is 2.36. The summed E-state index contributed by atoms with van der Waals surface area (Å²) in [6.07, 6.45) is 3.34. The molecule has 1 fully saturated rings. The first-order chi connectivity index (χ1) is 10.0. The Morgan fingerprint density at radius 3 is 2.62 bits per heavy atom. The molecular weight excluding hydrogens is 272 g/mol. The first-order valence-corrected chi connectivity index (χ1v) is 7.06. The van der Waals surface area contributed by atoms with E-state index in [1.807, 2.05) is 11.8 Å². The second kappa shape index (κ2) is 6.11. The molecule has 1 aromatic rings. The van der Waals surface area contributed by atoms with Gasteiger partial charge in [-0.25, -0.2) is 9.78 Å². The number of methoxy groups -OCH3 is 1. The Morgan fingerprint density at radius 1 is 1.43 bits per heavy atom. The maximum atomic E-state index is 11.8. The van der Waals surface area contributed by atoms with Crippen molar-refractivity contribution < 1.29 is 19.4 Å². The lowest BCUT2D eigenvalue weighted by Crippen LogP contribution is -2.44. The number of aromatic nitrogens is 1. The van der Waals surface area contributed by atoms with Gasteiger partial charge in [-0.2, -0.15) is 0 Å². The van der Waals surface area contributed by atoms with Crippen molar-refractivity contribution in [3.63, 3.8) is 0 Å². The molecule has 6 heteroatoms. The summed E-state index contributed by atoms with van der Waals surface area (Å²) in [6, 6.07) is 3.36. The van der Waals surface area contributed by atoms with Crippen LogP contribution in [0.3, 0.4) is 0 Å². The SMILES string of the molecule is CCC1(C(=O)O)CCN(c2ncccc2C(=O)OC)CC1. The van der Waals surface area contributed by atoms with Crippen molar-refractivity contribution in [1.29, 1.82) is 0 Å². The van der Waals surface area contributed by atoms with E-state index >= 15 is 0 Å². The van der Waals surface area contributed by atoms with Gasteiger partial charge >= 0.3 is 11.9 Å². The van der Waals surface area contributed by atoms with Gasteiger partial charge in [-0.1, -0.05) is 6.92 Å². The van der Waals surface area contributed by atoms with Crippen molar-refractivity contribution in [2.24, 2.45) is 5.41 Å². The fraction of sp³-hybridized carbons (Fsp3) is 0.533. The second-order valence-corrected chi connectivity index (χ2v) is 5.29. The van der Waals surface area contributed by atoms with Gasteiger partial charge in [0.1, 0.15) is 11.4 Å². The van der Waals surface area contributed by atoms with Crippen LogP contribution in [0.5, 0.6) is 0 Å². The van der Waals surface area contributed by atoms with Gasteiger partial charge in [0.05, 0.1) is 12.5 Å². The Hall–Kier alpha value is -2.11. The van der Waals surface area contributed by atoms with Gasteiger partial charge in [0, 0.05) is 19.3 Å². The van der Waals surface area contributed by atoms with E-state index in [1.54, 1.807) is 18.3 Å². The first-order valence-electron chi connectivity index (χ1n) is 7.06. The van der Waals surface area contributed by atoms with E-state index in [9.17, 15) is 14.7 Å². The number of carboxylic acid groups (broad SMARTS) is 1. The highest BCUT2D eigenvalue weighted by Gasteiger charge is 2.40. The molecule has 114 valence electrons. The number of hydrogen-bond donors (Lipinski definition) is 1. The minimum absolute atomic E-state index is 0.416. The van der Waals surface area contributed by atoms with Crippen molar-refractivity contribution in [3.05, 3.63) is 23.9 Å². The highest BCUT2D eigenvalue weighted by atomic mass is 16.5. The summed E-state index contributed by atoms with van der Waals surface area (Å²) in [5.74, 6) is -0.595. The molecule has 2 rings (SSSR count). The summed E-state index contributed by atoms with van der Waals surface area (Å²) in [5, 5.41) is 9.42. The van der Waals surface area contributed by atoms with Crippen LogP contribution in [0.4, 0.5) is 5.82 Å². The monoisotopic (exact) mass is 292 g/mol. The van der Waals surface area contributed by atoms with Gasteiger partial charge in [0.15, 0.2) is 0 Å². The van der Waals surface area contributed by atoms with Crippen LogP contribution >= 0.6 is 0 Å². The number of carbonyl (C=O) groups excluding carboxylic acids is 1. The Kier molecular flexibility index (Phi) is 4.45. The minimum atomic E-state index is -0.737. The second-order valence-electron chi connectivity index (χ2n) is 5.29. The number of nitrogens with zero attached hydrogens (tertiary/aromatic N) is 2. The van der Waals surface area contributed by atoms with E-state index in [4.69, 9.17) is 4.74 Å². The smallest absolute Gasteiger partial charge is 0.341 e. The van der Waals surface area contributed by atoms with Crippen LogP contribution in [0, 0.1) is 5.41 Å². The fourth-order valence-electron chi connectivity index (χ4n) is 2.78. The van der Waals surface area contributed by atoms with Gasteiger partial charge in [-0.05, 0) is 31.4 Å². The predicted molar refractivity (Wildman–Crippen MR) is 77.4 cm³/mol. The molecule has 6 nitrogen and oxygen atoms in total. The maximum Gasteiger partial charge on any atom is 0.341 e. The van der Waals surface area contributed by atoms with E-state index in [1.165, 1.54) is 7.11 Å². The minimum Gasteiger partial charge on any atom is -0.481 e. The van der Waals surface area contributed by atoms with Crippen molar-refractivity contribution in [1.82, 2.24) is 4.98 Å². The molecule has 0 radical (unpaired) electrons. The molecule has 0 unspecified atom stereocenters. The Labute approximate surface area is 123 Å². The summed E-state index contributed by atoms with van der Waals surface area (Å²) in [4.78, 5) is 29.5.